The Labute approximate surface area is 98.1 Å². The maximum atomic E-state index is 7.50. The summed E-state index contributed by atoms with van der Waals surface area (Å²) in [5.74, 6) is 0. The van der Waals surface area contributed by atoms with E-state index in [-0.39, 0.29) is 20.1 Å². The van der Waals surface area contributed by atoms with E-state index in [9.17, 15) is 0 Å². The zero-order valence-corrected chi connectivity index (χ0v) is 9.24. The number of rotatable bonds is 4. The van der Waals surface area contributed by atoms with E-state index in [0.29, 0.717) is 26.2 Å². The molecule has 6 nitrogen and oxygen atoms in total. The molecule has 0 spiro atoms. The maximum Gasteiger partial charge on any atom is 6.00 e. The molecule has 78 valence electrons. The molecule has 0 aromatic rings. The molecule has 0 unspecified atom stereocenters. The zero-order valence-electron chi connectivity index (χ0n) is 7.38. The van der Waals surface area contributed by atoms with E-state index in [1.54, 1.807) is 0 Å². The van der Waals surface area contributed by atoms with Gasteiger partial charge >= 0.3 is 20.1 Å². The van der Waals surface area contributed by atoms with Gasteiger partial charge in [-0.1, -0.05) is 0 Å². The van der Waals surface area contributed by atoms with Crippen molar-refractivity contribution < 1.29 is 34.5 Å². The van der Waals surface area contributed by atoms with Crippen molar-refractivity contribution in [2.75, 3.05) is 26.2 Å². The second-order valence-electron chi connectivity index (χ2n) is 1.17. The van der Waals surface area contributed by atoms with Crippen LogP contribution in [0.4, 0.5) is 0 Å². The third-order valence-corrected chi connectivity index (χ3v) is 0.540. The molecular weight excluding hydrogens is 272 g/mol. The molecule has 14 heavy (non-hydrogen) atoms. The molecule has 4 radical (unpaired) electrons. The first-order valence-corrected chi connectivity index (χ1v) is 2.95. The van der Waals surface area contributed by atoms with Crippen molar-refractivity contribution >= 4 is 20.4 Å². The predicted molar refractivity (Wildman–Crippen MR) is 48.6 cm³/mol. The van der Waals surface area contributed by atoms with Crippen molar-refractivity contribution in [2.45, 2.75) is 0 Å². The standard InChI is InChI=1S/C4H10N3.3CO.Tc/c5-1-3-7-4-2-6;3*1-2;/h5-6H,1-4H2;;;;/q-3;3*-1;+6. The van der Waals surface area contributed by atoms with E-state index < -0.39 is 0 Å². The summed E-state index contributed by atoms with van der Waals surface area (Å²) < 4.78 is 0. The van der Waals surface area contributed by atoms with Crippen LogP contribution in [-0.4, -0.2) is 46.5 Å². The molecule has 0 aromatic heterocycles. The summed E-state index contributed by atoms with van der Waals surface area (Å²) in [4.78, 5) is 22.5. The Morgan fingerprint density at radius 1 is 0.786 bits per heavy atom. The SMILES string of the molecule is [C-]=O.[C-]=O.[C-]=O.[NH-]CC[N-]CC[NH-].[Tc+6]. The van der Waals surface area contributed by atoms with E-state index in [1.807, 2.05) is 0 Å². The quantitative estimate of drug-likeness (QED) is 0.544. The van der Waals surface area contributed by atoms with Gasteiger partial charge in [0.2, 0.25) is 0 Å². The van der Waals surface area contributed by atoms with Crippen molar-refractivity contribution in [2.24, 2.45) is 0 Å². The van der Waals surface area contributed by atoms with Gasteiger partial charge in [-0.2, -0.15) is 26.2 Å². The summed E-state index contributed by atoms with van der Waals surface area (Å²) >= 11 is 0. The van der Waals surface area contributed by atoms with Crippen molar-refractivity contribution in [3.63, 3.8) is 0 Å². The Morgan fingerprint density at radius 2 is 1.00 bits per heavy atom. The maximum absolute atomic E-state index is 7.50. The first-order chi connectivity index (χ1) is 6.41. The second kappa shape index (κ2) is 81.0. The fourth-order valence-electron chi connectivity index (χ4n) is 0.270. The Morgan fingerprint density at radius 3 is 1.14 bits per heavy atom. The van der Waals surface area contributed by atoms with Gasteiger partial charge < -0.3 is 51.5 Å². The first kappa shape index (κ1) is 29.2. The van der Waals surface area contributed by atoms with Crippen LogP contribution in [-0.2, 0) is 34.5 Å². The van der Waals surface area contributed by atoms with Crippen LogP contribution >= 0.6 is 0 Å². The van der Waals surface area contributed by atoms with E-state index >= 15 is 0 Å². The van der Waals surface area contributed by atoms with Crippen LogP contribution < -0.4 is 0 Å². The third kappa shape index (κ3) is 102. The van der Waals surface area contributed by atoms with Gasteiger partial charge in [0.25, 0.3) is 0 Å². The molecule has 0 fully saturated rings. The van der Waals surface area contributed by atoms with Crippen LogP contribution in [0.15, 0.2) is 0 Å². The van der Waals surface area contributed by atoms with Gasteiger partial charge in [0.1, 0.15) is 0 Å². The Bertz CT molecular complexity index is 63.4. The van der Waals surface area contributed by atoms with Crippen molar-refractivity contribution in [1.82, 2.24) is 0 Å². The molecular formula is C7H10N3O3Tc. The van der Waals surface area contributed by atoms with Gasteiger partial charge in [-0.05, 0) is 0 Å². The van der Waals surface area contributed by atoms with Crippen molar-refractivity contribution in [1.29, 1.82) is 0 Å². The number of nitrogens with zero attached hydrogens (tertiary/aromatic N) is 1. The Hall–Kier alpha value is -0.461. The molecule has 0 atom stereocenters. The van der Waals surface area contributed by atoms with Crippen LogP contribution in [0.1, 0.15) is 0 Å². The molecule has 0 amide bonds. The molecule has 0 aliphatic rings. The molecule has 0 aromatic carbocycles. The van der Waals surface area contributed by atoms with Crippen molar-refractivity contribution in [3.05, 3.63) is 16.8 Å². The fraction of sp³-hybridized carbons (Fsp3) is 0.571. The normalized spacial score (nSPS) is 5.57. The van der Waals surface area contributed by atoms with Gasteiger partial charge in [-0.25, -0.2) is 0 Å². The molecule has 0 rings (SSSR count). The number of nitrogens with one attached hydrogen (secondary N) is 2. The largest absolute Gasteiger partial charge is 6.00 e. The second-order valence-corrected chi connectivity index (χ2v) is 1.17. The van der Waals surface area contributed by atoms with Crippen LogP contribution in [0.25, 0.3) is 16.8 Å². The van der Waals surface area contributed by atoms with Gasteiger partial charge in [0, 0.05) is 0 Å². The molecule has 0 aliphatic heterocycles. The number of hydrogen-bond donors (Lipinski definition) is 0. The number of hydrogen-bond acceptors (Lipinski definition) is 3. The summed E-state index contributed by atoms with van der Waals surface area (Å²) in [6.45, 7) is 15.4. The molecule has 0 bridgehead atoms. The average molecular weight is 282 g/mol. The summed E-state index contributed by atoms with van der Waals surface area (Å²) in [5, 5.41) is 3.83. The molecule has 0 saturated heterocycles. The Balaban J connectivity index is -0.0000000332. The molecule has 0 heterocycles. The van der Waals surface area contributed by atoms with Crippen LogP contribution in [0, 0.1) is 0 Å². The van der Waals surface area contributed by atoms with Crippen LogP contribution in [0.5, 0.6) is 0 Å². The van der Waals surface area contributed by atoms with E-state index in [4.69, 9.17) is 25.9 Å². The molecule has 0 saturated carbocycles. The third-order valence-electron chi connectivity index (χ3n) is 0.540. The van der Waals surface area contributed by atoms with Crippen LogP contribution in [0.2, 0.25) is 0 Å². The minimum atomic E-state index is 0. The molecule has 0 aliphatic carbocycles. The van der Waals surface area contributed by atoms with Gasteiger partial charge in [0.15, 0.2) is 0 Å². The zero-order chi connectivity index (χ0) is 11.5. The first-order valence-electron chi connectivity index (χ1n) is 2.95. The van der Waals surface area contributed by atoms with Gasteiger partial charge in [-0.15, -0.1) is 0 Å². The summed E-state index contributed by atoms with van der Waals surface area (Å²) in [7, 11) is 0. The average Bonchev–Trinajstić information content (AvgIpc) is 2.27. The minimum absolute atomic E-state index is 0. The monoisotopic (exact) mass is 281 g/mol. The summed E-state index contributed by atoms with van der Waals surface area (Å²) in [6, 6.07) is 0. The van der Waals surface area contributed by atoms with E-state index in [1.165, 1.54) is 0 Å². The summed E-state index contributed by atoms with van der Waals surface area (Å²) in [5.41, 5.74) is 13.3. The predicted octanol–water partition coefficient (Wildman–Crippen LogP) is 0.271. The minimum Gasteiger partial charge on any atom is -0.679 e. The number of carbonyl (C=O) groups excluding carboxylic acids is 3. The molecule has 2 N–H and O–H groups in total. The Kier molecular flexibility index (Phi) is 169. The fourth-order valence-corrected chi connectivity index (χ4v) is 0.270. The van der Waals surface area contributed by atoms with Crippen molar-refractivity contribution in [3.8, 4) is 0 Å². The topological polar surface area (TPSA) is 113 Å². The van der Waals surface area contributed by atoms with E-state index in [2.05, 4.69) is 25.7 Å². The van der Waals surface area contributed by atoms with Crippen LogP contribution in [0.3, 0.4) is 0 Å². The molecule has 7 heteroatoms. The van der Waals surface area contributed by atoms with Gasteiger partial charge in [0.05, 0.1) is 0 Å². The van der Waals surface area contributed by atoms with E-state index in [0.717, 1.165) is 0 Å². The van der Waals surface area contributed by atoms with Gasteiger partial charge in [-0.3, -0.25) is 0 Å². The smallest absolute Gasteiger partial charge is 0.679 e. The summed E-state index contributed by atoms with van der Waals surface area (Å²) in [6.07, 6.45) is 0.